The molecule has 1 unspecified atom stereocenters. The Labute approximate surface area is 82.4 Å². The highest BCUT2D eigenvalue weighted by molar-refractivity contribution is 5.81. The summed E-state index contributed by atoms with van der Waals surface area (Å²) in [6.45, 7) is 3.80. The van der Waals surface area contributed by atoms with Crippen LogP contribution in [-0.2, 0) is 16.0 Å². The summed E-state index contributed by atoms with van der Waals surface area (Å²) in [7, 11) is 1.61. The van der Waals surface area contributed by atoms with Crippen LogP contribution in [0.5, 0.6) is 0 Å². The molecule has 1 aromatic rings. The topological polar surface area (TPSA) is 65.2 Å². The molecule has 0 N–H and O–H groups in total. The number of carbonyl (C=O) groups is 1. The first-order valence-corrected chi connectivity index (χ1v) is 4.47. The Hall–Kier alpha value is -1.23. The molecule has 0 aliphatic heterocycles. The molecule has 78 valence electrons. The second-order valence-electron chi connectivity index (χ2n) is 3.12. The van der Waals surface area contributed by atoms with E-state index in [1.54, 1.807) is 14.0 Å². The average Bonchev–Trinajstić information content (AvgIpc) is 2.61. The second kappa shape index (κ2) is 4.85. The zero-order valence-corrected chi connectivity index (χ0v) is 8.61. The van der Waals surface area contributed by atoms with Crippen LogP contribution in [0.4, 0.5) is 0 Å². The van der Waals surface area contributed by atoms with Gasteiger partial charge in [-0.2, -0.15) is 4.98 Å². The molecule has 0 saturated heterocycles. The maximum atomic E-state index is 11.0. The summed E-state index contributed by atoms with van der Waals surface area (Å²) in [5.74, 6) is 0.657. The van der Waals surface area contributed by atoms with Crippen LogP contribution in [0.2, 0.25) is 0 Å². The smallest absolute Gasteiger partial charge is 0.236 e. The second-order valence-corrected chi connectivity index (χ2v) is 3.12. The molecule has 1 aromatic heterocycles. The molecular weight excluding hydrogens is 184 g/mol. The van der Waals surface area contributed by atoms with Gasteiger partial charge >= 0.3 is 0 Å². The van der Waals surface area contributed by atoms with Crippen molar-refractivity contribution in [3.05, 3.63) is 11.7 Å². The first kappa shape index (κ1) is 10.8. The molecule has 0 fully saturated rings. The van der Waals surface area contributed by atoms with Crippen molar-refractivity contribution in [2.75, 3.05) is 13.7 Å². The largest absolute Gasteiger partial charge is 0.384 e. The number of methoxy groups -OCH3 is 1. The van der Waals surface area contributed by atoms with Gasteiger partial charge in [-0.25, -0.2) is 0 Å². The van der Waals surface area contributed by atoms with Crippen LogP contribution in [0.15, 0.2) is 4.52 Å². The fourth-order valence-corrected chi connectivity index (χ4v) is 0.912. The lowest BCUT2D eigenvalue weighted by molar-refractivity contribution is -0.118. The lowest BCUT2D eigenvalue weighted by atomic mass is 10.1. The summed E-state index contributed by atoms with van der Waals surface area (Å²) in [5, 5.41) is 3.74. The van der Waals surface area contributed by atoms with E-state index in [1.165, 1.54) is 6.92 Å². The SMILES string of the molecule is COCCc1noc(C(C)C(C)=O)n1. The van der Waals surface area contributed by atoms with Crippen LogP contribution in [0.3, 0.4) is 0 Å². The van der Waals surface area contributed by atoms with Crippen LogP contribution >= 0.6 is 0 Å². The Kier molecular flexibility index (Phi) is 3.76. The minimum atomic E-state index is -0.321. The summed E-state index contributed by atoms with van der Waals surface area (Å²) in [6.07, 6.45) is 0.602. The highest BCUT2D eigenvalue weighted by Gasteiger charge is 2.17. The third kappa shape index (κ3) is 2.63. The van der Waals surface area contributed by atoms with E-state index in [-0.39, 0.29) is 11.7 Å². The normalized spacial score (nSPS) is 12.8. The minimum absolute atomic E-state index is 0.0203. The van der Waals surface area contributed by atoms with E-state index in [2.05, 4.69) is 10.1 Å². The monoisotopic (exact) mass is 198 g/mol. The van der Waals surface area contributed by atoms with E-state index in [9.17, 15) is 4.79 Å². The summed E-state index contributed by atoms with van der Waals surface area (Å²) in [4.78, 5) is 15.1. The molecule has 0 radical (unpaired) electrons. The number of nitrogens with zero attached hydrogens (tertiary/aromatic N) is 2. The zero-order chi connectivity index (χ0) is 10.6. The molecule has 0 spiro atoms. The van der Waals surface area contributed by atoms with Gasteiger partial charge in [0.2, 0.25) is 5.89 Å². The molecule has 0 aliphatic carbocycles. The van der Waals surface area contributed by atoms with Crippen molar-refractivity contribution in [3.63, 3.8) is 0 Å². The third-order valence-electron chi connectivity index (χ3n) is 1.99. The van der Waals surface area contributed by atoms with Crippen molar-refractivity contribution in [2.24, 2.45) is 0 Å². The van der Waals surface area contributed by atoms with Crippen molar-refractivity contribution < 1.29 is 14.1 Å². The standard InChI is InChI=1S/C9H14N2O3/c1-6(7(2)12)9-10-8(11-14-9)4-5-13-3/h6H,4-5H2,1-3H3. The highest BCUT2D eigenvalue weighted by Crippen LogP contribution is 2.13. The van der Waals surface area contributed by atoms with Gasteiger partial charge in [0.25, 0.3) is 0 Å². The van der Waals surface area contributed by atoms with Crippen LogP contribution in [0.1, 0.15) is 31.5 Å². The van der Waals surface area contributed by atoms with Crippen molar-refractivity contribution in [2.45, 2.75) is 26.2 Å². The predicted octanol–water partition coefficient (Wildman–Crippen LogP) is 0.951. The Bertz CT molecular complexity index is 309. The quantitative estimate of drug-likeness (QED) is 0.704. The molecule has 14 heavy (non-hydrogen) atoms. The number of Topliss-reactive ketones (excluding diaryl/α,β-unsaturated/α-hetero) is 1. The molecule has 0 aliphatic rings. The number of ether oxygens (including phenoxy) is 1. The number of rotatable bonds is 5. The summed E-state index contributed by atoms with van der Waals surface area (Å²) < 4.78 is 9.82. The van der Waals surface area contributed by atoms with Gasteiger partial charge < -0.3 is 9.26 Å². The van der Waals surface area contributed by atoms with E-state index in [4.69, 9.17) is 9.26 Å². The summed E-state index contributed by atoms with van der Waals surface area (Å²) in [5.41, 5.74) is 0. The number of hydrogen-bond donors (Lipinski definition) is 0. The number of carbonyl (C=O) groups excluding carboxylic acids is 1. The number of aromatic nitrogens is 2. The van der Waals surface area contributed by atoms with Gasteiger partial charge in [-0.3, -0.25) is 4.79 Å². The van der Waals surface area contributed by atoms with Crippen LogP contribution < -0.4 is 0 Å². The van der Waals surface area contributed by atoms with Crippen molar-refractivity contribution in [3.8, 4) is 0 Å². The van der Waals surface area contributed by atoms with Crippen LogP contribution in [0, 0.1) is 0 Å². The molecule has 5 heteroatoms. The maximum Gasteiger partial charge on any atom is 0.236 e. The van der Waals surface area contributed by atoms with Crippen molar-refractivity contribution >= 4 is 5.78 Å². The van der Waals surface area contributed by atoms with Crippen LogP contribution in [-0.4, -0.2) is 29.6 Å². The molecule has 0 aromatic carbocycles. The Balaban J connectivity index is 2.63. The van der Waals surface area contributed by atoms with Crippen molar-refractivity contribution in [1.29, 1.82) is 0 Å². The van der Waals surface area contributed by atoms with Gasteiger partial charge in [-0.1, -0.05) is 5.16 Å². The lowest BCUT2D eigenvalue weighted by Gasteiger charge is -1.97. The van der Waals surface area contributed by atoms with Gasteiger partial charge in [0.05, 0.1) is 12.5 Å². The molecule has 0 bridgehead atoms. The molecule has 1 heterocycles. The van der Waals surface area contributed by atoms with Gasteiger partial charge in [0.1, 0.15) is 5.78 Å². The first-order chi connectivity index (χ1) is 6.65. The Morgan fingerprint density at radius 2 is 2.36 bits per heavy atom. The van der Waals surface area contributed by atoms with Gasteiger partial charge in [-0.05, 0) is 13.8 Å². The Morgan fingerprint density at radius 3 is 2.93 bits per heavy atom. The van der Waals surface area contributed by atoms with Gasteiger partial charge in [0, 0.05) is 13.5 Å². The van der Waals surface area contributed by atoms with Gasteiger partial charge in [-0.15, -0.1) is 0 Å². The molecule has 0 amide bonds. The molecule has 1 rings (SSSR count). The molecule has 0 saturated carbocycles. The third-order valence-corrected chi connectivity index (χ3v) is 1.99. The molecule has 1 atom stereocenters. The fraction of sp³-hybridized carbons (Fsp3) is 0.667. The summed E-state index contributed by atoms with van der Waals surface area (Å²) >= 11 is 0. The number of ketones is 1. The number of hydrogen-bond acceptors (Lipinski definition) is 5. The Morgan fingerprint density at radius 1 is 1.64 bits per heavy atom. The van der Waals surface area contributed by atoms with E-state index in [1.807, 2.05) is 0 Å². The summed E-state index contributed by atoms with van der Waals surface area (Å²) in [6, 6.07) is 0. The van der Waals surface area contributed by atoms with E-state index >= 15 is 0 Å². The van der Waals surface area contributed by atoms with Crippen LogP contribution in [0.25, 0.3) is 0 Å². The molecule has 5 nitrogen and oxygen atoms in total. The first-order valence-electron chi connectivity index (χ1n) is 4.47. The zero-order valence-electron chi connectivity index (χ0n) is 8.61. The van der Waals surface area contributed by atoms with Crippen molar-refractivity contribution in [1.82, 2.24) is 10.1 Å². The average molecular weight is 198 g/mol. The maximum absolute atomic E-state index is 11.0. The van der Waals surface area contributed by atoms with E-state index in [0.717, 1.165) is 0 Å². The minimum Gasteiger partial charge on any atom is -0.384 e. The van der Waals surface area contributed by atoms with E-state index < -0.39 is 0 Å². The highest BCUT2D eigenvalue weighted by atomic mass is 16.5. The van der Waals surface area contributed by atoms with Gasteiger partial charge in [0.15, 0.2) is 5.82 Å². The predicted molar refractivity (Wildman–Crippen MR) is 49.0 cm³/mol. The lowest BCUT2D eigenvalue weighted by Crippen LogP contribution is -2.05. The van der Waals surface area contributed by atoms with E-state index in [0.29, 0.717) is 24.7 Å². The fourth-order valence-electron chi connectivity index (χ4n) is 0.912. The molecular formula is C9H14N2O3.